The quantitative estimate of drug-likeness (QED) is 0.170. The Hall–Kier alpha value is -7.82. The molecule has 0 atom stereocenters. The van der Waals surface area contributed by atoms with Crippen LogP contribution in [0.2, 0.25) is 0 Å². The van der Waals surface area contributed by atoms with E-state index in [4.69, 9.17) is 8.83 Å². The lowest BCUT2D eigenvalue weighted by atomic mass is 9.97. The van der Waals surface area contributed by atoms with E-state index in [-0.39, 0.29) is 0 Å². The normalized spacial score (nSPS) is 11.8. The number of hydrogen-bond donors (Lipinski definition) is 0. The highest BCUT2D eigenvalue weighted by molar-refractivity contribution is 6.10. The number of hydrogen-bond acceptors (Lipinski definition) is 3. The highest BCUT2D eigenvalue weighted by Gasteiger charge is 2.20. The van der Waals surface area contributed by atoms with Gasteiger partial charge >= 0.3 is 0 Å². The summed E-state index contributed by atoms with van der Waals surface area (Å²) in [5, 5.41) is 6.89. The first-order valence-corrected chi connectivity index (χ1v) is 19.7. The molecular weight excluding hydrogens is 709 g/mol. The zero-order valence-electron chi connectivity index (χ0n) is 31.3. The summed E-state index contributed by atoms with van der Waals surface area (Å²) in [6.45, 7) is 0. The van der Waals surface area contributed by atoms with Crippen molar-refractivity contribution in [1.29, 1.82) is 0 Å². The predicted molar refractivity (Wildman–Crippen MR) is 241 cm³/mol. The molecule has 0 unspecified atom stereocenters. The van der Waals surface area contributed by atoms with Crippen LogP contribution in [-0.2, 0) is 0 Å². The summed E-state index contributed by atoms with van der Waals surface area (Å²) in [4.78, 5) is 2.29. The molecule has 0 bridgehead atoms. The average Bonchev–Trinajstić information content (AvgIpc) is 3.96. The Morgan fingerprint density at radius 1 is 0.310 bits per heavy atom. The molecule has 0 amide bonds. The molecule has 0 saturated heterocycles. The van der Waals surface area contributed by atoms with Gasteiger partial charge in [0.1, 0.15) is 22.3 Å². The van der Waals surface area contributed by atoms with Crippen molar-refractivity contribution >= 4 is 82.7 Å². The van der Waals surface area contributed by atoms with Crippen LogP contribution in [0.3, 0.4) is 0 Å². The van der Waals surface area contributed by atoms with Crippen LogP contribution in [0, 0.1) is 0 Å². The SMILES string of the molecule is c1ccc(-c2ccc(-c3ccc(N(c4ccc5c(c4)oc4ccccc45)c4ccc5c(c4)oc4ccccc45)cc3)c(-n3c4ccccc4c4ccccc43)c2)cc1. The van der Waals surface area contributed by atoms with Gasteiger partial charge in [0.25, 0.3) is 0 Å². The van der Waals surface area contributed by atoms with Crippen molar-refractivity contribution in [2.24, 2.45) is 0 Å². The predicted octanol–water partition coefficient (Wildman–Crippen LogP) is 15.4. The Bertz CT molecular complexity index is 3350. The van der Waals surface area contributed by atoms with E-state index >= 15 is 0 Å². The standard InChI is InChI=1S/C54H34N2O2/c1-2-12-35(13-3-1)37-24-29-41(50(32-37)56-48-18-8-4-14-42(48)43-15-5-9-19-49(43)56)36-22-25-38(26-23-36)55(39-27-30-46-44-16-6-10-20-51(44)57-53(46)33-39)40-28-31-47-45-17-7-11-21-52(45)58-54(47)34-40/h1-34H. The lowest BCUT2D eigenvalue weighted by molar-refractivity contribution is 0.669. The fraction of sp³-hybridized carbons (Fsp3) is 0. The summed E-state index contributed by atoms with van der Waals surface area (Å²) in [6.07, 6.45) is 0. The maximum atomic E-state index is 6.41. The van der Waals surface area contributed by atoms with Crippen LogP contribution in [0.5, 0.6) is 0 Å². The van der Waals surface area contributed by atoms with E-state index < -0.39 is 0 Å². The Morgan fingerprint density at radius 3 is 1.36 bits per heavy atom. The highest BCUT2D eigenvalue weighted by atomic mass is 16.3. The summed E-state index contributed by atoms with van der Waals surface area (Å²) in [6, 6.07) is 73.3. The van der Waals surface area contributed by atoms with Crippen molar-refractivity contribution in [2.45, 2.75) is 0 Å². The Balaban J connectivity index is 1.04. The molecule has 0 N–H and O–H groups in total. The second-order valence-electron chi connectivity index (χ2n) is 14.9. The van der Waals surface area contributed by atoms with Gasteiger partial charge in [0.05, 0.1) is 16.7 Å². The molecule has 0 aliphatic rings. The maximum absolute atomic E-state index is 6.41. The van der Waals surface area contributed by atoms with E-state index in [1.807, 2.05) is 24.3 Å². The van der Waals surface area contributed by atoms with Gasteiger partial charge in [-0.15, -0.1) is 0 Å². The van der Waals surface area contributed by atoms with Gasteiger partial charge < -0.3 is 18.3 Å². The summed E-state index contributed by atoms with van der Waals surface area (Å²) >= 11 is 0. The minimum atomic E-state index is 0.847. The van der Waals surface area contributed by atoms with Crippen LogP contribution in [0.25, 0.3) is 93.6 Å². The van der Waals surface area contributed by atoms with Gasteiger partial charge in [-0.1, -0.05) is 127 Å². The van der Waals surface area contributed by atoms with Gasteiger partial charge in [-0.3, -0.25) is 0 Å². The zero-order chi connectivity index (χ0) is 38.2. The summed E-state index contributed by atoms with van der Waals surface area (Å²) in [7, 11) is 0. The molecule has 4 heteroatoms. The number of nitrogens with zero attached hydrogens (tertiary/aromatic N) is 2. The van der Waals surface area contributed by atoms with Gasteiger partial charge in [-0.05, 0) is 83.4 Å². The van der Waals surface area contributed by atoms with Crippen LogP contribution in [-0.4, -0.2) is 4.57 Å². The van der Waals surface area contributed by atoms with Crippen molar-refractivity contribution in [2.75, 3.05) is 4.90 Å². The van der Waals surface area contributed by atoms with Crippen LogP contribution < -0.4 is 4.90 Å². The van der Waals surface area contributed by atoms with Crippen molar-refractivity contribution in [3.63, 3.8) is 0 Å². The third-order valence-corrected chi connectivity index (χ3v) is 11.6. The number of fused-ring (bicyclic) bond motifs is 9. The van der Waals surface area contributed by atoms with Gasteiger partial charge in [0.2, 0.25) is 0 Å². The fourth-order valence-corrected chi connectivity index (χ4v) is 8.90. The largest absolute Gasteiger partial charge is 0.456 e. The molecule has 9 aromatic carbocycles. The van der Waals surface area contributed by atoms with E-state index in [2.05, 4.69) is 191 Å². The summed E-state index contributed by atoms with van der Waals surface area (Å²) < 4.78 is 15.2. The molecule has 12 rings (SSSR count). The lowest BCUT2D eigenvalue weighted by Gasteiger charge is -2.26. The number of benzene rings is 9. The van der Waals surface area contributed by atoms with Gasteiger partial charge in [0, 0.05) is 67.1 Å². The first kappa shape index (κ1) is 32.4. The highest BCUT2D eigenvalue weighted by Crippen LogP contribution is 2.43. The van der Waals surface area contributed by atoms with E-state index in [0.29, 0.717) is 0 Å². The molecule has 3 aromatic heterocycles. The first-order chi connectivity index (χ1) is 28.7. The molecule has 0 aliphatic carbocycles. The monoisotopic (exact) mass is 742 g/mol. The molecule has 0 aliphatic heterocycles. The van der Waals surface area contributed by atoms with E-state index in [9.17, 15) is 0 Å². The van der Waals surface area contributed by atoms with Gasteiger partial charge in [-0.25, -0.2) is 0 Å². The molecule has 4 nitrogen and oxygen atoms in total. The molecule has 3 heterocycles. The van der Waals surface area contributed by atoms with E-state index in [1.165, 1.54) is 32.9 Å². The van der Waals surface area contributed by atoms with Crippen LogP contribution in [0.1, 0.15) is 0 Å². The molecule has 272 valence electrons. The number of anilines is 3. The summed E-state index contributed by atoms with van der Waals surface area (Å²) in [5.74, 6) is 0. The van der Waals surface area contributed by atoms with Crippen molar-refractivity contribution in [3.05, 3.63) is 206 Å². The second kappa shape index (κ2) is 12.9. The molecule has 0 radical (unpaired) electrons. The molecular formula is C54H34N2O2. The van der Waals surface area contributed by atoms with Crippen LogP contribution >= 0.6 is 0 Å². The smallest absolute Gasteiger partial charge is 0.137 e. The molecule has 12 aromatic rings. The minimum Gasteiger partial charge on any atom is -0.456 e. The zero-order valence-corrected chi connectivity index (χ0v) is 31.3. The third kappa shape index (κ3) is 5.09. The summed E-state index contributed by atoms with van der Waals surface area (Å²) in [5.41, 5.74) is 14.6. The molecule has 0 saturated carbocycles. The second-order valence-corrected chi connectivity index (χ2v) is 14.9. The number of rotatable bonds is 6. The topological polar surface area (TPSA) is 34.5 Å². The lowest BCUT2D eigenvalue weighted by Crippen LogP contribution is -2.09. The Morgan fingerprint density at radius 2 is 0.776 bits per heavy atom. The Kier molecular flexibility index (Phi) is 7.20. The average molecular weight is 743 g/mol. The van der Waals surface area contributed by atoms with Crippen LogP contribution in [0.15, 0.2) is 215 Å². The van der Waals surface area contributed by atoms with Crippen LogP contribution in [0.4, 0.5) is 17.1 Å². The fourth-order valence-electron chi connectivity index (χ4n) is 8.90. The van der Waals surface area contributed by atoms with Crippen molar-refractivity contribution in [1.82, 2.24) is 4.57 Å². The maximum Gasteiger partial charge on any atom is 0.137 e. The molecule has 0 fully saturated rings. The van der Waals surface area contributed by atoms with Gasteiger partial charge in [-0.2, -0.15) is 0 Å². The van der Waals surface area contributed by atoms with Crippen molar-refractivity contribution in [3.8, 4) is 27.9 Å². The van der Waals surface area contributed by atoms with Gasteiger partial charge in [0.15, 0.2) is 0 Å². The number of furan rings is 2. The number of aromatic nitrogens is 1. The van der Waals surface area contributed by atoms with E-state index in [0.717, 1.165) is 77.8 Å². The van der Waals surface area contributed by atoms with E-state index in [1.54, 1.807) is 0 Å². The Labute approximate surface area is 334 Å². The number of para-hydroxylation sites is 4. The van der Waals surface area contributed by atoms with Crippen molar-refractivity contribution < 1.29 is 8.83 Å². The molecule has 58 heavy (non-hydrogen) atoms. The third-order valence-electron chi connectivity index (χ3n) is 11.6. The first-order valence-electron chi connectivity index (χ1n) is 19.7. The molecule has 0 spiro atoms. The minimum absolute atomic E-state index is 0.847.